The smallest absolute Gasteiger partial charge is 0.0967 e. The monoisotopic (exact) mass is 221 g/mol. The molecule has 88 valence electrons. The predicted molar refractivity (Wildman–Crippen MR) is 62.7 cm³/mol. The molecule has 0 saturated carbocycles. The van der Waals surface area contributed by atoms with Crippen molar-refractivity contribution in [1.29, 1.82) is 0 Å². The van der Waals surface area contributed by atoms with Gasteiger partial charge in [-0.3, -0.25) is 9.58 Å². The topological polar surface area (TPSA) is 60.0 Å². The van der Waals surface area contributed by atoms with Gasteiger partial charge in [-0.25, -0.2) is 0 Å². The second-order valence-corrected chi connectivity index (χ2v) is 4.31. The van der Waals surface area contributed by atoms with E-state index in [4.69, 9.17) is 5.73 Å². The fourth-order valence-electron chi connectivity index (χ4n) is 2.01. The van der Waals surface area contributed by atoms with Gasteiger partial charge in [-0.1, -0.05) is 16.9 Å². The Hall–Kier alpha value is -1.20. The Balaban J connectivity index is 1.91. The maximum absolute atomic E-state index is 5.47. The van der Waals surface area contributed by atoms with Crippen LogP contribution in [0.15, 0.2) is 17.8 Å². The summed E-state index contributed by atoms with van der Waals surface area (Å²) in [6, 6.07) is 0. The highest BCUT2D eigenvalue weighted by atomic mass is 15.4. The van der Waals surface area contributed by atoms with Crippen LogP contribution in [0.2, 0.25) is 0 Å². The molecule has 0 unspecified atom stereocenters. The van der Waals surface area contributed by atoms with Crippen molar-refractivity contribution < 1.29 is 0 Å². The van der Waals surface area contributed by atoms with Gasteiger partial charge in [0.05, 0.1) is 12.2 Å². The first-order valence-electron chi connectivity index (χ1n) is 5.75. The van der Waals surface area contributed by atoms with Crippen LogP contribution >= 0.6 is 0 Å². The Kier molecular flexibility index (Phi) is 3.69. The molecule has 0 fully saturated rings. The van der Waals surface area contributed by atoms with Gasteiger partial charge >= 0.3 is 0 Å². The average molecular weight is 221 g/mol. The SMILES string of the molecule is CC1=CCCN(Cc2cn(CCN)nn2)C1. The van der Waals surface area contributed by atoms with E-state index in [1.165, 1.54) is 5.57 Å². The highest BCUT2D eigenvalue weighted by Gasteiger charge is 2.12. The molecular weight excluding hydrogens is 202 g/mol. The molecule has 5 heteroatoms. The normalized spacial score (nSPS) is 17.5. The van der Waals surface area contributed by atoms with E-state index in [0.29, 0.717) is 6.54 Å². The second-order valence-electron chi connectivity index (χ2n) is 4.31. The third kappa shape index (κ3) is 2.90. The number of nitrogens with two attached hydrogens (primary N) is 1. The highest BCUT2D eigenvalue weighted by Crippen LogP contribution is 2.11. The molecule has 0 spiro atoms. The number of hydrogen-bond acceptors (Lipinski definition) is 4. The van der Waals surface area contributed by atoms with E-state index in [2.05, 4.69) is 28.2 Å². The lowest BCUT2D eigenvalue weighted by Crippen LogP contribution is -2.28. The summed E-state index contributed by atoms with van der Waals surface area (Å²) in [4.78, 5) is 2.39. The lowest BCUT2D eigenvalue weighted by Gasteiger charge is -2.24. The van der Waals surface area contributed by atoms with E-state index in [1.54, 1.807) is 0 Å². The molecule has 0 amide bonds. The summed E-state index contributed by atoms with van der Waals surface area (Å²) in [7, 11) is 0. The quantitative estimate of drug-likeness (QED) is 0.747. The molecule has 2 N–H and O–H groups in total. The molecule has 0 bridgehead atoms. The van der Waals surface area contributed by atoms with Crippen LogP contribution in [-0.4, -0.2) is 39.5 Å². The molecule has 1 aliphatic heterocycles. The van der Waals surface area contributed by atoms with E-state index in [1.807, 2.05) is 10.9 Å². The molecule has 0 saturated heterocycles. The second kappa shape index (κ2) is 5.23. The van der Waals surface area contributed by atoms with Gasteiger partial charge in [-0.15, -0.1) is 5.10 Å². The molecule has 16 heavy (non-hydrogen) atoms. The number of aromatic nitrogens is 3. The molecule has 0 radical (unpaired) electrons. The standard InChI is InChI=1S/C11H19N5/c1-10-3-2-5-15(7-10)8-11-9-16(6-4-12)14-13-11/h3,9H,2,4-8,12H2,1H3. The van der Waals surface area contributed by atoms with Crippen LogP contribution in [0.1, 0.15) is 19.0 Å². The molecule has 2 heterocycles. The summed E-state index contributed by atoms with van der Waals surface area (Å²) >= 11 is 0. The molecule has 2 rings (SSSR count). The minimum atomic E-state index is 0.606. The highest BCUT2D eigenvalue weighted by molar-refractivity contribution is 5.05. The summed E-state index contributed by atoms with van der Waals surface area (Å²) in [5.74, 6) is 0. The zero-order valence-corrected chi connectivity index (χ0v) is 9.76. The zero-order valence-electron chi connectivity index (χ0n) is 9.76. The molecular formula is C11H19N5. The van der Waals surface area contributed by atoms with Gasteiger partial charge in [0.1, 0.15) is 0 Å². The Morgan fingerprint density at radius 1 is 1.50 bits per heavy atom. The lowest BCUT2D eigenvalue weighted by atomic mass is 10.1. The minimum Gasteiger partial charge on any atom is -0.329 e. The molecule has 1 aliphatic rings. The van der Waals surface area contributed by atoms with Gasteiger partial charge in [0, 0.05) is 32.4 Å². The molecule has 5 nitrogen and oxygen atoms in total. The van der Waals surface area contributed by atoms with Crippen molar-refractivity contribution in [2.24, 2.45) is 5.73 Å². The lowest BCUT2D eigenvalue weighted by molar-refractivity contribution is 0.279. The third-order valence-electron chi connectivity index (χ3n) is 2.74. The molecule has 0 atom stereocenters. The van der Waals surface area contributed by atoms with Crippen LogP contribution in [0.25, 0.3) is 0 Å². The van der Waals surface area contributed by atoms with Crippen LogP contribution in [0.4, 0.5) is 0 Å². The van der Waals surface area contributed by atoms with E-state index in [-0.39, 0.29) is 0 Å². The Bertz CT molecular complexity index is 368. The molecule has 1 aromatic rings. The van der Waals surface area contributed by atoms with Crippen molar-refractivity contribution in [3.05, 3.63) is 23.5 Å². The van der Waals surface area contributed by atoms with Gasteiger partial charge in [0.2, 0.25) is 0 Å². The Morgan fingerprint density at radius 3 is 3.12 bits per heavy atom. The van der Waals surface area contributed by atoms with Gasteiger partial charge < -0.3 is 5.73 Å². The maximum Gasteiger partial charge on any atom is 0.0967 e. The van der Waals surface area contributed by atoms with Crippen LogP contribution in [0, 0.1) is 0 Å². The van der Waals surface area contributed by atoms with Crippen LogP contribution in [-0.2, 0) is 13.1 Å². The van der Waals surface area contributed by atoms with Crippen molar-refractivity contribution in [2.75, 3.05) is 19.6 Å². The van der Waals surface area contributed by atoms with Gasteiger partial charge in [-0.05, 0) is 13.3 Å². The van der Waals surface area contributed by atoms with Crippen molar-refractivity contribution in [3.63, 3.8) is 0 Å². The Labute approximate surface area is 95.9 Å². The minimum absolute atomic E-state index is 0.606. The van der Waals surface area contributed by atoms with Gasteiger partial charge in [-0.2, -0.15) is 0 Å². The average Bonchev–Trinajstić information content (AvgIpc) is 2.66. The summed E-state index contributed by atoms with van der Waals surface area (Å²) in [5.41, 5.74) is 7.94. The van der Waals surface area contributed by atoms with E-state index < -0.39 is 0 Å². The largest absolute Gasteiger partial charge is 0.329 e. The van der Waals surface area contributed by atoms with Crippen molar-refractivity contribution in [2.45, 2.75) is 26.4 Å². The fourth-order valence-corrected chi connectivity index (χ4v) is 2.01. The maximum atomic E-state index is 5.47. The van der Waals surface area contributed by atoms with Crippen molar-refractivity contribution in [1.82, 2.24) is 19.9 Å². The first kappa shape index (κ1) is 11.3. The van der Waals surface area contributed by atoms with Crippen LogP contribution in [0.5, 0.6) is 0 Å². The molecule has 0 aromatic carbocycles. The van der Waals surface area contributed by atoms with Crippen molar-refractivity contribution in [3.8, 4) is 0 Å². The van der Waals surface area contributed by atoms with Crippen LogP contribution in [0.3, 0.4) is 0 Å². The fraction of sp³-hybridized carbons (Fsp3) is 0.636. The Morgan fingerprint density at radius 2 is 2.38 bits per heavy atom. The summed E-state index contributed by atoms with van der Waals surface area (Å²) in [6.07, 6.45) is 5.44. The van der Waals surface area contributed by atoms with Gasteiger partial charge in [0.15, 0.2) is 0 Å². The zero-order chi connectivity index (χ0) is 11.4. The van der Waals surface area contributed by atoms with E-state index in [0.717, 1.165) is 38.3 Å². The van der Waals surface area contributed by atoms with Crippen molar-refractivity contribution >= 4 is 0 Å². The number of hydrogen-bond donors (Lipinski definition) is 1. The molecule has 1 aromatic heterocycles. The summed E-state index contributed by atoms with van der Waals surface area (Å²) in [5, 5.41) is 8.19. The predicted octanol–water partition coefficient (Wildman–Crippen LogP) is 0.389. The van der Waals surface area contributed by atoms with E-state index in [9.17, 15) is 0 Å². The summed E-state index contributed by atoms with van der Waals surface area (Å²) < 4.78 is 1.81. The number of rotatable bonds is 4. The first-order valence-corrected chi connectivity index (χ1v) is 5.75. The molecule has 0 aliphatic carbocycles. The third-order valence-corrected chi connectivity index (χ3v) is 2.74. The summed E-state index contributed by atoms with van der Waals surface area (Å²) in [6.45, 7) is 6.57. The van der Waals surface area contributed by atoms with Gasteiger partial charge in [0.25, 0.3) is 0 Å². The van der Waals surface area contributed by atoms with E-state index >= 15 is 0 Å². The number of nitrogens with zero attached hydrogens (tertiary/aromatic N) is 4. The first-order chi connectivity index (χ1) is 7.78. The van der Waals surface area contributed by atoms with Crippen LogP contribution < -0.4 is 5.73 Å².